The average Bonchev–Trinajstić information content (AvgIpc) is 3.13. The first-order valence-corrected chi connectivity index (χ1v) is 10.4. The van der Waals surface area contributed by atoms with E-state index in [-0.39, 0.29) is 41.0 Å². The molecule has 1 N–H and O–H groups in total. The highest BCUT2D eigenvalue weighted by Crippen LogP contribution is 2.40. The predicted octanol–water partition coefficient (Wildman–Crippen LogP) is 2.58. The fourth-order valence-corrected chi connectivity index (χ4v) is 5.92. The summed E-state index contributed by atoms with van der Waals surface area (Å²) in [4.78, 5) is 12.2. The van der Waals surface area contributed by atoms with Crippen LogP contribution in [0.4, 0.5) is 4.39 Å². The van der Waals surface area contributed by atoms with Gasteiger partial charge in [0.25, 0.3) is 0 Å². The zero-order valence-electron chi connectivity index (χ0n) is 13.8. The van der Waals surface area contributed by atoms with Crippen LogP contribution in [0.15, 0.2) is 24.3 Å². The Kier molecular flexibility index (Phi) is 4.95. The van der Waals surface area contributed by atoms with Crippen molar-refractivity contribution in [3.63, 3.8) is 0 Å². The molecule has 1 aromatic carbocycles. The summed E-state index contributed by atoms with van der Waals surface area (Å²) in [5, 5.41) is 3.01. The molecule has 1 atom stereocenters. The Morgan fingerprint density at radius 2 is 1.88 bits per heavy atom. The highest BCUT2D eigenvalue weighted by molar-refractivity contribution is 7.91. The van der Waals surface area contributed by atoms with Gasteiger partial charge in [-0.2, -0.15) is 0 Å². The van der Waals surface area contributed by atoms with Gasteiger partial charge in [-0.3, -0.25) is 4.79 Å². The number of nitrogens with one attached hydrogen (secondary N) is 1. The van der Waals surface area contributed by atoms with Crippen LogP contribution in [0.3, 0.4) is 0 Å². The minimum Gasteiger partial charge on any atom is -0.355 e. The number of sulfone groups is 1. The number of halogens is 1. The van der Waals surface area contributed by atoms with Gasteiger partial charge in [-0.05, 0) is 42.9 Å². The average molecular weight is 353 g/mol. The Balaban J connectivity index is 1.60. The van der Waals surface area contributed by atoms with E-state index in [0.29, 0.717) is 13.0 Å². The van der Waals surface area contributed by atoms with Gasteiger partial charge in [0, 0.05) is 18.4 Å². The van der Waals surface area contributed by atoms with Gasteiger partial charge in [-0.25, -0.2) is 12.8 Å². The van der Waals surface area contributed by atoms with E-state index in [1.807, 2.05) is 12.1 Å². The molecular formula is C18H24FNO3S. The summed E-state index contributed by atoms with van der Waals surface area (Å²) in [7, 11) is -2.95. The van der Waals surface area contributed by atoms with Crippen LogP contribution < -0.4 is 5.32 Å². The zero-order valence-corrected chi connectivity index (χ0v) is 14.6. The maximum atomic E-state index is 13.2. The van der Waals surface area contributed by atoms with Gasteiger partial charge in [-0.15, -0.1) is 0 Å². The number of carbonyl (C=O) groups excluding carboxylic acids is 1. The van der Waals surface area contributed by atoms with E-state index in [2.05, 4.69) is 5.32 Å². The zero-order chi connectivity index (χ0) is 17.2. The topological polar surface area (TPSA) is 63.2 Å². The molecule has 3 rings (SSSR count). The molecule has 1 saturated carbocycles. The van der Waals surface area contributed by atoms with Gasteiger partial charge in [0.2, 0.25) is 5.91 Å². The third kappa shape index (κ3) is 3.97. The number of hydrogen-bond acceptors (Lipinski definition) is 3. The summed E-state index contributed by atoms with van der Waals surface area (Å²) < 4.78 is 36.2. The van der Waals surface area contributed by atoms with Gasteiger partial charge in [0.15, 0.2) is 9.84 Å². The number of hydrogen-bond donors (Lipinski definition) is 1. The van der Waals surface area contributed by atoms with E-state index in [1.165, 1.54) is 12.1 Å². The standard InChI is InChI=1S/C18H24FNO3S/c19-16-5-3-15(4-6-16)18(8-1-2-9-18)13-20-17(21)11-14-7-10-24(22,23)12-14/h3-6,14H,1-2,7-13H2,(H,20,21). The lowest BCUT2D eigenvalue weighted by Gasteiger charge is -2.30. The molecule has 2 fully saturated rings. The molecular weight excluding hydrogens is 329 g/mol. The minimum absolute atomic E-state index is 0.0552. The molecule has 4 nitrogen and oxygen atoms in total. The van der Waals surface area contributed by atoms with Crippen LogP contribution in [0, 0.1) is 11.7 Å². The third-order valence-electron chi connectivity index (χ3n) is 5.44. The molecule has 0 aromatic heterocycles. The summed E-state index contributed by atoms with van der Waals surface area (Å²) in [6.45, 7) is 0.539. The second-order valence-electron chi connectivity index (χ2n) is 7.24. The van der Waals surface area contributed by atoms with Crippen molar-refractivity contribution in [1.29, 1.82) is 0 Å². The van der Waals surface area contributed by atoms with Crippen molar-refractivity contribution in [3.8, 4) is 0 Å². The Labute approximate surface area is 142 Å². The van der Waals surface area contributed by atoms with Crippen LogP contribution in [0.25, 0.3) is 0 Å². The molecule has 0 radical (unpaired) electrons. The summed E-state index contributed by atoms with van der Waals surface area (Å²) in [6.07, 6.45) is 5.03. The molecule has 24 heavy (non-hydrogen) atoms. The Morgan fingerprint density at radius 3 is 2.46 bits per heavy atom. The molecule has 1 heterocycles. The van der Waals surface area contributed by atoms with Crippen LogP contribution in [0.5, 0.6) is 0 Å². The second-order valence-corrected chi connectivity index (χ2v) is 9.47. The monoisotopic (exact) mass is 353 g/mol. The van der Waals surface area contributed by atoms with Crippen molar-refractivity contribution < 1.29 is 17.6 Å². The number of benzene rings is 1. The molecule has 0 bridgehead atoms. The summed E-state index contributed by atoms with van der Waals surface area (Å²) in [5.74, 6) is -0.0576. The van der Waals surface area contributed by atoms with Gasteiger partial charge >= 0.3 is 0 Å². The number of amides is 1. The van der Waals surface area contributed by atoms with Crippen molar-refractivity contribution in [1.82, 2.24) is 5.32 Å². The molecule has 1 aromatic rings. The molecule has 1 unspecified atom stereocenters. The Bertz CT molecular complexity index is 693. The maximum absolute atomic E-state index is 13.2. The lowest BCUT2D eigenvalue weighted by atomic mass is 9.78. The lowest BCUT2D eigenvalue weighted by Crippen LogP contribution is -2.39. The fourth-order valence-electron chi connectivity index (χ4n) is 4.06. The smallest absolute Gasteiger partial charge is 0.220 e. The molecule has 1 amide bonds. The largest absolute Gasteiger partial charge is 0.355 e. The minimum atomic E-state index is -2.95. The SMILES string of the molecule is O=C(CC1CCS(=O)(=O)C1)NCC1(c2ccc(F)cc2)CCCC1. The lowest BCUT2D eigenvalue weighted by molar-refractivity contribution is -0.122. The van der Waals surface area contributed by atoms with Gasteiger partial charge in [0.05, 0.1) is 11.5 Å². The Morgan fingerprint density at radius 1 is 1.21 bits per heavy atom. The highest BCUT2D eigenvalue weighted by atomic mass is 32.2. The molecule has 1 aliphatic heterocycles. The van der Waals surface area contributed by atoms with E-state index >= 15 is 0 Å². The van der Waals surface area contributed by atoms with Crippen molar-refractivity contribution in [2.75, 3.05) is 18.1 Å². The van der Waals surface area contributed by atoms with E-state index in [4.69, 9.17) is 0 Å². The van der Waals surface area contributed by atoms with Gasteiger partial charge in [0.1, 0.15) is 5.82 Å². The second kappa shape index (κ2) is 6.82. The quantitative estimate of drug-likeness (QED) is 0.885. The van der Waals surface area contributed by atoms with E-state index in [0.717, 1.165) is 31.2 Å². The number of carbonyl (C=O) groups is 1. The van der Waals surface area contributed by atoms with Crippen LogP contribution >= 0.6 is 0 Å². The van der Waals surface area contributed by atoms with Crippen LogP contribution in [0.1, 0.15) is 44.1 Å². The molecule has 6 heteroatoms. The fraction of sp³-hybridized carbons (Fsp3) is 0.611. The van der Waals surface area contributed by atoms with Gasteiger partial charge < -0.3 is 5.32 Å². The highest BCUT2D eigenvalue weighted by Gasteiger charge is 2.36. The van der Waals surface area contributed by atoms with Crippen molar-refractivity contribution >= 4 is 15.7 Å². The van der Waals surface area contributed by atoms with Crippen LogP contribution in [-0.4, -0.2) is 32.4 Å². The summed E-state index contributed by atoms with van der Waals surface area (Å²) in [6, 6.07) is 6.58. The summed E-state index contributed by atoms with van der Waals surface area (Å²) >= 11 is 0. The van der Waals surface area contributed by atoms with E-state index in [1.54, 1.807) is 0 Å². The predicted molar refractivity (Wildman–Crippen MR) is 90.9 cm³/mol. The first kappa shape index (κ1) is 17.4. The molecule has 132 valence electrons. The van der Waals surface area contributed by atoms with E-state index in [9.17, 15) is 17.6 Å². The third-order valence-corrected chi connectivity index (χ3v) is 7.28. The van der Waals surface area contributed by atoms with Crippen molar-refractivity contribution in [3.05, 3.63) is 35.6 Å². The molecule has 1 saturated heterocycles. The first-order chi connectivity index (χ1) is 11.4. The van der Waals surface area contributed by atoms with Crippen molar-refractivity contribution in [2.24, 2.45) is 5.92 Å². The van der Waals surface area contributed by atoms with E-state index < -0.39 is 9.84 Å². The molecule has 1 aliphatic carbocycles. The summed E-state index contributed by atoms with van der Waals surface area (Å²) in [5.41, 5.74) is 0.954. The molecule has 0 spiro atoms. The number of rotatable bonds is 5. The van der Waals surface area contributed by atoms with Crippen LogP contribution in [-0.2, 0) is 20.0 Å². The normalized spacial score (nSPS) is 24.8. The van der Waals surface area contributed by atoms with Crippen molar-refractivity contribution in [2.45, 2.75) is 43.9 Å². The maximum Gasteiger partial charge on any atom is 0.220 e. The first-order valence-electron chi connectivity index (χ1n) is 8.62. The van der Waals surface area contributed by atoms with Crippen LogP contribution in [0.2, 0.25) is 0 Å². The van der Waals surface area contributed by atoms with Gasteiger partial charge in [-0.1, -0.05) is 25.0 Å². The Hall–Kier alpha value is -1.43. The molecule has 2 aliphatic rings.